The molecule has 0 bridgehead atoms. The van der Waals surface area contributed by atoms with Crippen LogP contribution in [0.5, 0.6) is 0 Å². The van der Waals surface area contributed by atoms with Gasteiger partial charge in [-0.05, 0) is 35.9 Å². The first kappa shape index (κ1) is 19.4. The number of carbonyl (C=O) groups is 1. The monoisotopic (exact) mass is 430 g/mol. The number of aromatic nitrogens is 2. The molecule has 1 aliphatic rings. The summed E-state index contributed by atoms with van der Waals surface area (Å²) in [5, 5.41) is 11.9. The van der Waals surface area contributed by atoms with Crippen molar-refractivity contribution in [2.24, 2.45) is 5.16 Å². The fraction of sp³-hybridized carbons (Fsp3) is 0.200. The van der Waals surface area contributed by atoms with Crippen LogP contribution in [0.3, 0.4) is 0 Å². The first-order valence-electron chi connectivity index (χ1n) is 8.90. The van der Waals surface area contributed by atoms with Gasteiger partial charge in [-0.1, -0.05) is 51.7 Å². The molecule has 1 aromatic heterocycles. The third-order valence-electron chi connectivity index (χ3n) is 4.29. The maximum absolute atomic E-state index is 12.3. The first-order chi connectivity index (χ1) is 14.1. The number of halogens is 2. The van der Waals surface area contributed by atoms with Gasteiger partial charge in [0, 0.05) is 28.6 Å². The second-order valence-corrected chi connectivity index (χ2v) is 7.39. The summed E-state index contributed by atoms with van der Waals surface area (Å²) in [5.41, 5.74) is 1.97. The van der Waals surface area contributed by atoms with Gasteiger partial charge in [-0.15, -0.1) is 0 Å². The van der Waals surface area contributed by atoms with Crippen molar-refractivity contribution in [3.8, 4) is 11.5 Å². The average Bonchev–Trinajstić information content (AvgIpc) is 3.36. The predicted octanol–water partition coefficient (Wildman–Crippen LogP) is 4.05. The Morgan fingerprint density at radius 3 is 2.72 bits per heavy atom. The van der Waals surface area contributed by atoms with E-state index in [0.717, 1.165) is 11.1 Å². The summed E-state index contributed by atoms with van der Waals surface area (Å²) in [6.07, 6.45) is 0.410. The van der Waals surface area contributed by atoms with E-state index in [9.17, 15) is 4.79 Å². The highest BCUT2D eigenvalue weighted by Crippen LogP contribution is 2.22. The smallest absolute Gasteiger partial charge is 0.269 e. The molecule has 3 aromatic rings. The lowest BCUT2D eigenvalue weighted by molar-refractivity contribution is -0.115. The lowest BCUT2D eigenvalue weighted by Crippen LogP contribution is -2.30. The van der Waals surface area contributed by atoms with Crippen LogP contribution in [0.25, 0.3) is 11.5 Å². The van der Waals surface area contributed by atoms with Gasteiger partial charge in [0.2, 0.25) is 0 Å². The lowest BCUT2D eigenvalue weighted by Gasteiger charge is -2.05. The zero-order chi connectivity index (χ0) is 20.2. The molecular formula is C20H16Cl2N4O3. The number of rotatable bonds is 6. The summed E-state index contributed by atoms with van der Waals surface area (Å²) in [6.45, 7) is 0.358. The van der Waals surface area contributed by atoms with Crippen LogP contribution in [0.4, 0.5) is 0 Å². The number of hydrogen-bond acceptors (Lipinski definition) is 6. The molecule has 0 unspecified atom stereocenters. The lowest BCUT2D eigenvalue weighted by atomic mass is 10.1. The minimum atomic E-state index is -0.327. The Bertz CT molecular complexity index is 1070. The molecule has 1 amide bonds. The van der Waals surface area contributed by atoms with E-state index in [4.69, 9.17) is 32.6 Å². The van der Waals surface area contributed by atoms with Crippen LogP contribution in [-0.2, 0) is 22.6 Å². The molecule has 0 radical (unpaired) electrons. The molecule has 0 aliphatic carbocycles. The van der Waals surface area contributed by atoms with Gasteiger partial charge in [0.1, 0.15) is 11.8 Å². The minimum Gasteiger partial charge on any atom is -0.391 e. The highest BCUT2D eigenvalue weighted by molar-refractivity contribution is 6.39. The van der Waals surface area contributed by atoms with Crippen LogP contribution in [0.2, 0.25) is 10.0 Å². The molecule has 0 spiro atoms. The van der Waals surface area contributed by atoms with Gasteiger partial charge in [-0.3, -0.25) is 4.79 Å². The summed E-state index contributed by atoms with van der Waals surface area (Å²) >= 11 is 11.9. The normalized spacial score (nSPS) is 15.7. The van der Waals surface area contributed by atoms with E-state index in [2.05, 4.69) is 20.6 Å². The standard InChI is InChI=1S/C20H16Cl2N4O3/c21-14-5-1-3-12(7-14)11-23-19(27)17-9-16(28-25-17)10-18-24-20(29-26-18)13-4-2-6-15(22)8-13/h1-8,16H,9-11H2,(H,23,27)/t16-/m0/s1. The third-order valence-corrected chi connectivity index (χ3v) is 4.76. The van der Waals surface area contributed by atoms with Crippen LogP contribution >= 0.6 is 23.2 Å². The maximum Gasteiger partial charge on any atom is 0.269 e. The quantitative estimate of drug-likeness (QED) is 0.636. The number of nitrogens with zero attached hydrogens (tertiary/aromatic N) is 3. The molecule has 1 atom stereocenters. The highest BCUT2D eigenvalue weighted by atomic mass is 35.5. The Kier molecular flexibility index (Phi) is 5.78. The van der Waals surface area contributed by atoms with Crippen molar-refractivity contribution in [1.82, 2.24) is 15.5 Å². The van der Waals surface area contributed by atoms with Gasteiger partial charge >= 0.3 is 0 Å². The van der Waals surface area contributed by atoms with Crippen LogP contribution in [0.15, 0.2) is 58.2 Å². The Morgan fingerprint density at radius 1 is 1.14 bits per heavy atom. The Balaban J connectivity index is 1.30. The van der Waals surface area contributed by atoms with Crippen LogP contribution in [0, 0.1) is 0 Å². The van der Waals surface area contributed by atoms with E-state index < -0.39 is 0 Å². The summed E-state index contributed by atoms with van der Waals surface area (Å²) in [6, 6.07) is 14.5. The van der Waals surface area contributed by atoms with Gasteiger partial charge < -0.3 is 14.7 Å². The molecule has 2 heterocycles. The molecule has 9 heteroatoms. The molecule has 4 rings (SSSR count). The zero-order valence-electron chi connectivity index (χ0n) is 15.1. The second-order valence-electron chi connectivity index (χ2n) is 6.51. The largest absolute Gasteiger partial charge is 0.391 e. The molecule has 29 heavy (non-hydrogen) atoms. The van der Waals surface area contributed by atoms with Gasteiger partial charge in [0.25, 0.3) is 11.8 Å². The average molecular weight is 431 g/mol. The molecule has 0 saturated heterocycles. The van der Waals surface area contributed by atoms with Gasteiger partial charge in [0.05, 0.1) is 6.42 Å². The molecule has 2 aromatic carbocycles. The van der Waals surface area contributed by atoms with E-state index in [1.54, 1.807) is 24.3 Å². The predicted molar refractivity (Wildman–Crippen MR) is 109 cm³/mol. The van der Waals surface area contributed by atoms with E-state index >= 15 is 0 Å². The zero-order valence-corrected chi connectivity index (χ0v) is 16.7. The number of amides is 1. The van der Waals surface area contributed by atoms with Crippen molar-refractivity contribution in [2.45, 2.75) is 25.5 Å². The van der Waals surface area contributed by atoms with Crippen LogP contribution < -0.4 is 5.32 Å². The number of benzene rings is 2. The highest BCUT2D eigenvalue weighted by Gasteiger charge is 2.27. The van der Waals surface area contributed by atoms with Crippen molar-refractivity contribution in [3.05, 3.63) is 70.0 Å². The second kappa shape index (κ2) is 8.63. The molecule has 0 fully saturated rings. The molecule has 7 nitrogen and oxygen atoms in total. The Morgan fingerprint density at radius 2 is 1.93 bits per heavy atom. The van der Waals surface area contributed by atoms with E-state index in [1.807, 2.05) is 24.3 Å². The minimum absolute atomic E-state index is 0.278. The molecule has 1 aliphatic heterocycles. The number of oxime groups is 1. The summed E-state index contributed by atoms with van der Waals surface area (Å²) in [4.78, 5) is 22.0. The van der Waals surface area contributed by atoms with E-state index in [-0.39, 0.29) is 12.0 Å². The van der Waals surface area contributed by atoms with Crippen molar-refractivity contribution in [1.29, 1.82) is 0 Å². The van der Waals surface area contributed by atoms with Gasteiger partial charge in [-0.2, -0.15) is 4.98 Å². The van der Waals surface area contributed by atoms with Gasteiger partial charge in [-0.25, -0.2) is 0 Å². The molecular weight excluding hydrogens is 415 g/mol. The SMILES string of the molecule is O=C(NCc1cccc(Cl)c1)C1=NO[C@H](Cc2noc(-c3cccc(Cl)c3)n2)C1. The number of carbonyl (C=O) groups excluding carboxylic acids is 1. The van der Waals surface area contributed by atoms with Gasteiger partial charge in [0.15, 0.2) is 5.82 Å². The summed E-state index contributed by atoms with van der Waals surface area (Å²) in [7, 11) is 0. The Labute approximate surface area is 176 Å². The van der Waals surface area contributed by atoms with Crippen molar-refractivity contribution in [3.63, 3.8) is 0 Å². The fourth-order valence-electron chi connectivity index (χ4n) is 2.88. The van der Waals surface area contributed by atoms with Crippen molar-refractivity contribution >= 4 is 34.8 Å². The van der Waals surface area contributed by atoms with Crippen LogP contribution in [0.1, 0.15) is 17.8 Å². The van der Waals surface area contributed by atoms with Crippen molar-refractivity contribution in [2.75, 3.05) is 0 Å². The molecule has 1 N–H and O–H groups in total. The summed E-state index contributed by atoms with van der Waals surface area (Å²) < 4.78 is 5.28. The topological polar surface area (TPSA) is 89.6 Å². The third kappa shape index (κ3) is 4.93. The number of hydrogen-bond donors (Lipinski definition) is 1. The van der Waals surface area contributed by atoms with E-state index in [1.165, 1.54) is 0 Å². The first-order valence-corrected chi connectivity index (χ1v) is 9.66. The Hall–Kier alpha value is -2.90. The summed E-state index contributed by atoms with van der Waals surface area (Å²) in [5.74, 6) is 0.571. The van der Waals surface area contributed by atoms with Crippen molar-refractivity contribution < 1.29 is 14.2 Å². The number of nitrogens with one attached hydrogen (secondary N) is 1. The maximum atomic E-state index is 12.3. The molecule has 0 saturated carbocycles. The molecule has 148 valence electrons. The van der Waals surface area contributed by atoms with E-state index in [0.29, 0.717) is 46.9 Å². The fourth-order valence-corrected chi connectivity index (χ4v) is 3.29. The van der Waals surface area contributed by atoms with Crippen LogP contribution in [-0.4, -0.2) is 27.9 Å².